The summed E-state index contributed by atoms with van der Waals surface area (Å²) in [7, 11) is 4.11. The number of benzene rings is 1. The third kappa shape index (κ3) is 5.46. The van der Waals surface area contributed by atoms with Gasteiger partial charge in [-0.05, 0) is 30.5 Å². The number of rotatable bonds is 10. The molecular weight excluding hydrogens is 524 g/mol. The van der Waals surface area contributed by atoms with Crippen LogP contribution in [-0.2, 0) is 0 Å². The number of hydrogen-bond donors (Lipinski definition) is 2. The van der Waals surface area contributed by atoms with E-state index in [1.807, 2.05) is 42.6 Å². The minimum atomic E-state index is -0.800. The second-order valence-electron chi connectivity index (χ2n) is 7.21. The van der Waals surface area contributed by atoms with Gasteiger partial charge in [0.1, 0.15) is 38.3 Å². The Morgan fingerprint density at radius 3 is 2.44 bits per heavy atom. The van der Waals surface area contributed by atoms with E-state index >= 15 is 0 Å². The average Bonchev–Trinajstić information content (AvgIpc) is 3.53. The van der Waals surface area contributed by atoms with Crippen molar-refractivity contribution in [1.82, 2.24) is 24.7 Å². The highest BCUT2D eigenvalue weighted by Crippen LogP contribution is 2.38. The molecule has 190 valence electrons. The Labute approximate surface area is 219 Å². The van der Waals surface area contributed by atoms with Gasteiger partial charge < -0.3 is 24.0 Å². The standard InChI is InChI=1S/C23H25ClN6O4S2/c1-5-36(13-15(31)22-25-12-18(24)35-22)29-23-28-27-21(14-8-6-11-19(26-14)34-4)30(23)20-16(32-2)9-7-10-17(20)33-3/h5-12,15,31H,13H2,1-4H3,(H,28,29)/t15-,36?/m1/s1. The van der Waals surface area contributed by atoms with Gasteiger partial charge in [-0.25, -0.2) is 9.97 Å². The summed E-state index contributed by atoms with van der Waals surface area (Å²) in [4.78, 5) is 8.74. The lowest BCUT2D eigenvalue weighted by molar-refractivity contribution is 0.203. The van der Waals surface area contributed by atoms with Crippen molar-refractivity contribution in [2.45, 2.75) is 13.0 Å². The van der Waals surface area contributed by atoms with Gasteiger partial charge in [-0.2, -0.15) is 0 Å². The minimum Gasteiger partial charge on any atom is -0.494 e. The van der Waals surface area contributed by atoms with Gasteiger partial charge in [0.2, 0.25) is 11.8 Å². The number of aromatic nitrogens is 5. The Hall–Kier alpha value is -3.19. The number of nitrogens with zero attached hydrogens (tertiary/aromatic N) is 5. The van der Waals surface area contributed by atoms with Crippen molar-refractivity contribution >= 4 is 44.9 Å². The van der Waals surface area contributed by atoms with E-state index in [1.165, 1.54) is 17.5 Å². The monoisotopic (exact) mass is 548 g/mol. The molecule has 0 saturated heterocycles. The van der Waals surface area contributed by atoms with Crippen LogP contribution in [-0.4, -0.2) is 62.3 Å². The molecule has 0 fully saturated rings. The van der Waals surface area contributed by atoms with Gasteiger partial charge in [0.25, 0.3) is 0 Å². The highest BCUT2D eigenvalue weighted by Gasteiger charge is 2.24. The van der Waals surface area contributed by atoms with Gasteiger partial charge in [0.15, 0.2) is 5.82 Å². The predicted molar refractivity (Wildman–Crippen MR) is 144 cm³/mol. The van der Waals surface area contributed by atoms with Crippen LogP contribution >= 0.6 is 33.6 Å². The second kappa shape index (κ2) is 11.7. The fourth-order valence-corrected chi connectivity index (χ4v) is 5.69. The smallest absolute Gasteiger partial charge is 0.239 e. The Balaban J connectivity index is 1.80. The number of halogens is 1. The summed E-state index contributed by atoms with van der Waals surface area (Å²) in [6, 6.07) is 10.9. The molecule has 0 bridgehead atoms. The molecule has 1 aromatic carbocycles. The lowest BCUT2D eigenvalue weighted by Gasteiger charge is -2.19. The van der Waals surface area contributed by atoms with Gasteiger partial charge in [0.05, 0.1) is 27.5 Å². The first-order chi connectivity index (χ1) is 17.5. The molecule has 3 aromatic heterocycles. The van der Waals surface area contributed by atoms with Gasteiger partial charge in [-0.3, -0.25) is 4.57 Å². The third-order valence-corrected chi connectivity index (χ3v) is 7.98. The van der Waals surface area contributed by atoms with Crippen molar-refractivity contribution < 1.29 is 19.3 Å². The molecule has 4 rings (SSSR count). The van der Waals surface area contributed by atoms with E-state index in [2.05, 4.69) is 24.9 Å². The Morgan fingerprint density at radius 1 is 1.11 bits per heavy atom. The summed E-state index contributed by atoms with van der Waals surface area (Å²) in [5.74, 6) is 2.78. The molecular formula is C23H25ClN6O4S2. The fraction of sp³-hybridized carbons (Fsp3) is 0.261. The molecule has 4 aromatic rings. The van der Waals surface area contributed by atoms with Crippen LogP contribution in [0.15, 0.2) is 42.6 Å². The highest BCUT2D eigenvalue weighted by atomic mass is 35.5. The van der Waals surface area contributed by atoms with E-state index in [9.17, 15) is 5.11 Å². The zero-order valence-electron chi connectivity index (χ0n) is 20.0. The largest absolute Gasteiger partial charge is 0.494 e. The number of para-hydroxylation sites is 1. The van der Waals surface area contributed by atoms with Gasteiger partial charge in [-0.15, -0.1) is 21.5 Å². The number of aliphatic hydroxyl groups is 1. The first kappa shape index (κ1) is 25.9. The first-order valence-electron chi connectivity index (χ1n) is 10.7. The number of aliphatic hydroxyl groups excluding tert-OH is 1. The summed E-state index contributed by atoms with van der Waals surface area (Å²) in [6.45, 7) is 1.91. The molecule has 0 saturated carbocycles. The number of ether oxygens (including phenoxy) is 3. The maximum absolute atomic E-state index is 10.7. The summed E-state index contributed by atoms with van der Waals surface area (Å²) in [5.41, 5.74) is 1.14. The minimum absolute atomic E-state index is 0.364. The zero-order chi connectivity index (χ0) is 25.7. The van der Waals surface area contributed by atoms with E-state index < -0.39 is 16.8 Å². The number of hydrogen-bond acceptors (Lipinski definition) is 10. The summed E-state index contributed by atoms with van der Waals surface area (Å²) in [6.07, 6.45) is 0.732. The van der Waals surface area contributed by atoms with E-state index in [4.69, 9.17) is 25.8 Å². The van der Waals surface area contributed by atoms with E-state index in [1.54, 1.807) is 32.0 Å². The molecule has 1 unspecified atom stereocenters. The molecule has 36 heavy (non-hydrogen) atoms. The molecule has 0 amide bonds. The Kier molecular flexibility index (Phi) is 8.41. The molecule has 0 aliphatic heterocycles. The SMILES string of the molecule is C/C=S(/C[C@@H](O)c1ncc(Cl)s1)Nc1nnc(-c2cccc(OC)n2)n1-c1c(OC)cccc1OC. The van der Waals surface area contributed by atoms with Gasteiger partial charge >= 0.3 is 0 Å². The van der Waals surface area contributed by atoms with Crippen LogP contribution in [0.1, 0.15) is 18.0 Å². The van der Waals surface area contributed by atoms with Crippen LogP contribution in [0.2, 0.25) is 4.34 Å². The molecule has 13 heteroatoms. The molecule has 0 aliphatic rings. The number of methoxy groups -OCH3 is 3. The topological polar surface area (TPSA) is 116 Å². The van der Waals surface area contributed by atoms with Crippen molar-refractivity contribution in [3.05, 3.63) is 51.9 Å². The van der Waals surface area contributed by atoms with Crippen molar-refractivity contribution in [1.29, 1.82) is 0 Å². The molecule has 3 heterocycles. The lowest BCUT2D eigenvalue weighted by Crippen LogP contribution is -2.10. The van der Waals surface area contributed by atoms with E-state index in [0.29, 0.717) is 55.6 Å². The van der Waals surface area contributed by atoms with Crippen molar-refractivity contribution in [3.8, 4) is 34.6 Å². The summed E-state index contributed by atoms with van der Waals surface area (Å²) in [5, 5.41) is 22.1. The van der Waals surface area contributed by atoms with Crippen LogP contribution < -0.4 is 18.9 Å². The third-order valence-electron chi connectivity index (χ3n) is 5.07. The molecule has 0 spiro atoms. The van der Waals surface area contributed by atoms with Crippen molar-refractivity contribution in [2.24, 2.45) is 0 Å². The number of pyridine rings is 1. The predicted octanol–water partition coefficient (Wildman–Crippen LogP) is 4.62. The van der Waals surface area contributed by atoms with Crippen molar-refractivity contribution in [2.75, 3.05) is 31.8 Å². The second-order valence-corrected chi connectivity index (χ2v) is 10.8. The fourth-order valence-electron chi connectivity index (χ4n) is 3.41. The van der Waals surface area contributed by atoms with Crippen LogP contribution in [0.5, 0.6) is 17.4 Å². The van der Waals surface area contributed by atoms with Gasteiger partial charge in [-0.1, -0.05) is 34.4 Å². The molecule has 2 N–H and O–H groups in total. The average molecular weight is 549 g/mol. The molecule has 0 radical (unpaired) electrons. The quantitative estimate of drug-likeness (QED) is 0.274. The molecule has 10 nitrogen and oxygen atoms in total. The maximum Gasteiger partial charge on any atom is 0.239 e. The summed E-state index contributed by atoms with van der Waals surface area (Å²) >= 11 is 7.25. The zero-order valence-corrected chi connectivity index (χ0v) is 22.4. The number of nitrogens with one attached hydrogen (secondary N) is 1. The van der Waals surface area contributed by atoms with Crippen LogP contribution in [0.4, 0.5) is 5.95 Å². The first-order valence-corrected chi connectivity index (χ1v) is 13.4. The normalized spacial score (nSPS) is 12.8. The lowest BCUT2D eigenvalue weighted by atomic mass is 10.2. The van der Waals surface area contributed by atoms with E-state index in [-0.39, 0.29) is 0 Å². The molecule has 0 aliphatic carbocycles. The molecule has 2 atom stereocenters. The Bertz CT molecular complexity index is 1350. The Morgan fingerprint density at radius 2 is 1.83 bits per heavy atom. The maximum atomic E-state index is 10.7. The highest BCUT2D eigenvalue weighted by molar-refractivity contribution is 8.16. The summed E-state index contributed by atoms with van der Waals surface area (Å²) < 4.78 is 22.3. The number of anilines is 1. The van der Waals surface area contributed by atoms with Crippen LogP contribution in [0, 0.1) is 0 Å². The van der Waals surface area contributed by atoms with Crippen molar-refractivity contribution in [3.63, 3.8) is 0 Å². The van der Waals surface area contributed by atoms with Gasteiger partial charge in [0, 0.05) is 11.8 Å². The number of thiazole rings is 1. The van der Waals surface area contributed by atoms with E-state index in [0.717, 1.165) is 0 Å². The van der Waals surface area contributed by atoms with Crippen LogP contribution in [0.25, 0.3) is 17.2 Å². The van der Waals surface area contributed by atoms with Crippen LogP contribution in [0.3, 0.4) is 0 Å².